The molecule has 0 radical (unpaired) electrons. The van der Waals surface area contributed by atoms with Crippen LogP contribution < -0.4 is 4.74 Å². The van der Waals surface area contributed by atoms with Gasteiger partial charge in [0, 0.05) is 0 Å². The van der Waals surface area contributed by atoms with Gasteiger partial charge in [0.15, 0.2) is 0 Å². The molecule has 3 nitrogen and oxygen atoms in total. The molecule has 0 aliphatic heterocycles. The summed E-state index contributed by atoms with van der Waals surface area (Å²) in [6, 6.07) is 16.5. The van der Waals surface area contributed by atoms with E-state index in [0.29, 0.717) is 17.2 Å². The maximum absolute atomic E-state index is 10.3. The molecule has 1 aliphatic carbocycles. The summed E-state index contributed by atoms with van der Waals surface area (Å²) in [4.78, 5) is 0. The Morgan fingerprint density at radius 3 is 2.20 bits per heavy atom. The predicted octanol–water partition coefficient (Wildman–Crippen LogP) is 2.99. The van der Waals surface area contributed by atoms with E-state index in [0.717, 1.165) is 18.6 Å². The Bertz CT molecular complexity index is 563. The molecule has 0 heterocycles. The molecule has 20 heavy (non-hydrogen) atoms. The van der Waals surface area contributed by atoms with Crippen molar-refractivity contribution in [1.82, 2.24) is 0 Å². The van der Waals surface area contributed by atoms with E-state index < -0.39 is 12.2 Å². The van der Waals surface area contributed by atoms with Crippen LogP contribution in [0, 0.1) is 0 Å². The van der Waals surface area contributed by atoms with E-state index in [1.807, 2.05) is 30.3 Å². The molecule has 2 aromatic rings. The maximum atomic E-state index is 10.3. The molecule has 2 atom stereocenters. The average Bonchev–Trinajstić information content (AvgIpc) is 3.31. The van der Waals surface area contributed by atoms with Gasteiger partial charge in [-0.2, -0.15) is 0 Å². The van der Waals surface area contributed by atoms with Crippen LogP contribution in [-0.2, 0) is 0 Å². The van der Waals surface area contributed by atoms with Crippen LogP contribution in [0.2, 0.25) is 0 Å². The smallest absolute Gasteiger partial charge is 0.120 e. The van der Waals surface area contributed by atoms with E-state index in [9.17, 15) is 10.2 Å². The molecule has 2 aromatic carbocycles. The second-order valence-electron chi connectivity index (χ2n) is 5.19. The Balaban J connectivity index is 1.77. The minimum absolute atomic E-state index is 0.321. The van der Waals surface area contributed by atoms with Crippen LogP contribution in [0.15, 0.2) is 54.6 Å². The molecule has 0 spiro atoms. The minimum atomic E-state index is -0.958. The zero-order chi connectivity index (χ0) is 13.9. The standard InChI is InChI=1S/C17H18O3/c18-16(12-5-2-1-3-6-12)17(19)13-7-4-8-15(11-13)20-14-9-10-14/h1-8,11,14,16-19H,9-10H2. The Labute approximate surface area is 118 Å². The molecule has 104 valence electrons. The zero-order valence-electron chi connectivity index (χ0n) is 11.1. The van der Waals surface area contributed by atoms with Crippen molar-refractivity contribution in [3.63, 3.8) is 0 Å². The van der Waals surface area contributed by atoms with Crippen LogP contribution in [0.5, 0.6) is 5.75 Å². The van der Waals surface area contributed by atoms with E-state index in [2.05, 4.69) is 0 Å². The lowest BCUT2D eigenvalue weighted by atomic mass is 9.98. The van der Waals surface area contributed by atoms with Gasteiger partial charge >= 0.3 is 0 Å². The van der Waals surface area contributed by atoms with E-state index in [1.54, 1.807) is 24.3 Å². The molecule has 1 aliphatic rings. The molecule has 0 saturated heterocycles. The van der Waals surface area contributed by atoms with E-state index >= 15 is 0 Å². The molecule has 3 rings (SSSR count). The fraction of sp³-hybridized carbons (Fsp3) is 0.294. The maximum Gasteiger partial charge on any atom is 0.120 e. The summed E-state index contributed by atoms with van der Waals surface area (Å²) >= 11 is 0. The van der Waals surface area contributed by atoms with Crippen molar-refractivity contribution < 1.29 is 14.9 Å². The van der Waals surface area contributed by atoms with Crippen LogP contribution in [0.3, 0.4) is 0 Å². The van der Waals surface area contributed by atoms with Gasteiger partial charge in [0.25, 0.3) is 0 Å². The third-order valence-electron chi connectivity index (χ3n) is 3.47. The SMILES string of the molecule is OC(c1ccccc1)C(O)c1cccc(OC2CC2)c1. The van der Waals surface area contributed by atoms with Gasteiger partial charge in [-0.05, 0) is 36.1 Å². The number of hydrogen-bond donors (Lipinski definition) is 2. The average molecular weight is 270 g/mol. The first-order chi connectivity index (χ1) is 9.74. The van der Waals surface area contributed by atoms with Crippen molar-refractivity contribution in [3.8, 4) is 5.75 Å². The van der Waals surface area contributed by atoms with E-state index in [1.165, 1.54) is 0 Å². The summed E-state index contributed by atoms with van der Waals surface area (Å²) in [5.41, 5.74) is 1.37. The Kier molecular flexibility index (Phi) is 3.72. The summed E-state index contributed by atoms with van der Waals surface area (Å²) in [5.74, 6) is 0.754. The first-order valence-electron chi connectivity index (χ1n) is 6.92. The van der Waals surface area contributed by atoms with Crippen LogP contribution in [-0.4, -0.2) is 16.3 Å². The second-order valence-corrected chi connectivity index (χ2v) is 5.19. The fourth-order valence-corrected chi connectivity index (χ4v) is 2.16. The van der Waals surface area contributed by atoms with Crippen LogP contribution in [0.1, 0.15) is 36.2 Å². The van der Waals surface area contributed by atoms with Gasteiger partial charge in [0.1, 0.15) is 18.0 Å². The normalized spacial score (nSPS) is 17.5. The van der Waals surface area contributed by atoms with Gasteiger partial charge in [-0.1, -0.05) is 42.5 Å². The number of benzene rings is 2. The lowest BCUT2D eigenvalue weighted by molar-refractivity contribution is 0.0171. The first-order valence-corrected chi connectivity index (χ1v) is 6.92. The predicted molar refractivity (Wildman–Crippen MR) is 76.5 cm³/mol. The first kappa shape index (κ1) is 13.2. The molecule has 1 saturated carbocycles. The third-order valence-corrected chi connectivity index (χ3v) is 3.47. The summed E-state index contributed by atoms with van der Waals surface area (Å²) in [6.45, 7) is 0. The summed E-state index contributed by atoms with van der Waals surface area (Å²) < 4.78 is 5.71. The van der Waals surface area contributed by atoms with E-state index in [4.69, 9.17) is 4.74 Å². The van der Waals surface area contributed by atoms with Crippen LogP contribution in [0.25, 0.3) is 0 Å². The van der Waals surface area contributed by atoms with Gasteiger partial charge in [-0.15, -0.1) is 0 Å². The van der Waals surface area contributed by atoms with Crippen molar-refractivity contribution >= 4 is 0 Å². The number of aliphatic hydroxyl groups is 2. The molecule has 0 amide bonds. The number of aliphatic hydroxyl groups excluding tert-OH is 2. The highest BCUT2D eigenvalue weighted by molar-refractivity contribution is 5.32. The second kappa shape index (κ2) is 5.65. The Morgan fingerprint density at radius 1 is 0.850 bits per heavy atom. The van der Waals surface area contributed by atoms with Crippen molar-refractivity contribution in [2.75, 3.05) is 0 Å². The molecule has 3 heteroatoms. The summed E-state index contributed by atoms with van der Waals surface area (Å²) in [5, 5.41) is 20.5. The van der Waals surface area contributed by atoms with Crippen molar-refractivity contribution in [1.29, 1.82) is 0 Å². The minimum Gasteiger partial charge on any atom is -0.490 e. The molecule has 2 unspecified atom stereocenters. The van der Waals surface area contributed by atoms with Crippen LogP contribution in [0.4, 0.5) is 0 Å². The van der Waals surface area contributed by atoms with Crippen molar-refractivity contribution in [2.45, 2.75) is 31.2 Å². The highest BCUT2D eigenvalue weighted by Gasteiger charge is 2.24. The third kappa shape index (κ3) is 3.00. The highest BCUT2D eigenvalue weighted by Crippen LogP contribution is 2.32. The van der Waals surface area contributed by atoms with Crippen molar-refractivity contribution in [2.24, 2.45) is 0 Å². The summed E-state index contributed by atoms with van der Waals surface area (Å²) in [6.07, 6.45) is 0.618. The Hall–Kier alpha value is -1.84. The fourth-order valence-electron chi connectivity index (χ4n) is 2.16. The Morgan fingerprint density at radius 2 is 1.50 bits per heavy atom. The molecule has 0 aromatic heterocycles. The van der Waals surface area contributed by atoms with Gasteiger partial charge in [-0.3, -0.25) is 0 Å². The van der Waals surface area contributed by atoms with Gasteiger partial charge < -0.3 is 14.9 Å². The molecular formula is C17H18O3. The summed E-state index contributed by atoms with van der Waals surface area (Å²) in [7, 11) is 0. The largest absolute Gasteiger partial charge is 0.490 e. The lowest BCUT2D eigenvalue weighted by Gasteiger charge is -2.19. The molecule has 0 bridgehead atoms. The number of rotatable bonds is 5. The van der Waals surface area contributed by atoms with Gasteiger partial charge in [0.2, 0.25) is 0 Å². The molecule has 1 fully saturated rings. The van der Waals surface area contributed by atoms with E-state index in [-0.39, 0.29) is 0 Å². The highest BCUT2D eigenvalue weighted by atomic mass is 16.5. The van der Waals surface area contributed by atoms with Crippen LogP contribution >= 0.6 is 0 Å². The lowest BCUT2D eigenvalue weighted by Crippen LogP contribution is -2.10. The topological polar surface area (TPSA) is 49.7 Å². The molecule has 2 N–H and O–H groups in total. The monoisotopic (exact) mass is 270 g/mol. The zero-order valence-corrected chi connectivity index (χ0v) is 11.1. The molecular weight excluding hydrogens is 252 g/mol. The van der Waals surface area contributed by atoms with Crippen molar-refractivity contribution in [3.05, 3.63) is 65.7 Å². The number of hydrogen-bond acceptors (Lipinski definition) is 3. The number of ether oxygens (including phenoxy) is 1. The van der Waals surface area contributed by atoms with Gasteiger partial charge in [-0.25, -0.2) is 0 Å². The van der Waals surface area contributed by atoms with Gasteiger partial charge in [0.05, 0.1) is 6.10 Å². The quantitative estimate of drug-likeness (QED) is 0.878.